The predicted molar refractivity (Wildman–Crippen MR) is 136 cm³/mol. The van der Waals surface area contributed by atoms with E-state index < -0.39 is 35.2 Å². The second-order valence-electron chi connectivity index (χ2n) is 8.61. The number of nitrogens with zero attached hydrogens (tertiary/aromatic N) is 2. The van der Waals surface area contributed by atoms with Crippen molar-refractivity contribution in [3.05, 3.63) is 112 Å². The number of aliphatic hydroxyl groups is 1. The molecular weight excluding hydrogens is 517 g/mol. The van der Waals surface area contributed by atoms with E-state index in [4.69, 9.17) is 0 Å². The van der Waals surface area contributed by atoms with Crippen LogP contribution in [0.15, 0.2) is 90.2 Å². The number of aryl methyl sites for hydroxylation is 1. The van der Waals surface area contributed by atoms with E-state index in [0.717, 1.165) is 40.0 Å². The topological polar surface area (TPSA) is 90.7 Å². The van der Waals surface area contributed by atoms with E-state index in [1.807, 2.05) is 30.3 Å². The summed E-state index contributed by atoms with van der Waals surface area (Å²) in [7, 11) is 0. The largest absolute Gasteiger partial charge is 0.508 e. The average molecular weight is 537 g/mol. The first-order valence-corrected chi connectivity index (χ1v) is 12.2. The van der Waals surface area contributed by atoms with Crippen LogP contribution in [0.25, 0.3) is 10.6 Å². The molecule has 4 aromatic rings. The molecule has 0 radical (unpaired) electrons. The molecule has 0 fully saturated rings. The molecule has 1 amide bonds. The lowest BCUT2D eigenvalue weighted by atomic mass is 9.94. The van der Waals surface area contributed by atoms with Crippen LogP contribution in [0.5, 0.6) is 5.75 Å². The first-order valence-electron chi connectivity index (χ1n) is 11.4. The molecule has 38 heavy (non-hydrogen) atoms. The fourth-order valence-corrected chi connectivity index (χ4v) is 5.41. The van der Waals surface area contributed by atoms with Gasteiger partial charge in [0.15, 0.2) is 5.76 Å². The highest BCUT2D eigenvalue weighted by Crippen LogP contribution is 2.44. The minimum atomic E-state index is -4.68. The van der Waals surface area contributed by atoms with Crippen LogP contribution in [-0.4, -0.2) is 26.9 Å². The molecule has 0 aliphatic carbocycles. The Hall–Kier alpha value is -4.44. The standard InChI is InChI=1S/C28H19F3N2O4S/c1-15-25(38-26(32-15)16-7-3-2-4-8-16)23(35)21-22(17-9-5-12-20(34)13-17)33(27(37)24(21)36)19-11-6-10-18(14-19)28(29,30)31/h2-14,22,34,36H,1H3. The number of Topliss-reactive ketones (excluding diaryl/α,β-unsaturated/α-hetero) is 1. The number of halogens is 3. The van der Waals surface area contributed by atoms with Gasteiger partial charge in [0.05, 0.1) is 27.7 Å². The van der Waals surface area contributed by atoms with Gasteiger partial charge in [0.2, 0.25) is 5.78 Å². The van der Waals surface area contributed by atoms with Gasteiger partial charge in [-0.1, -0.05) is 48.5 Å². The number of alkyl halides is 3. The van der Waals surface area contributed by atoms with Crippen molar-refractivity contribution in [1.29, 1.82) is 0 Å². The molecule has 0 bridgehead atoms. The van der Waals surface area contributed by atoms with Crippen molar-refractivity contribution in [3.8, 4) is 16.3 Å². The van der Waals surface area contributed by atoms with Crippen molar-refractivity contribution >= 4 is 28.7 Å². The number of hydrogen-bond donors (Lipinski definition) is 2. The highest BCUT2D eigenvalue weighted by Gasteiger charge is 2.46. The third kappa shape index (κ3) is 4.43. The maximum atomic E-state index is 13.9. The van der Waals surface area contributed by atoms with E-state index in [-0.39, 0.29) is 27.5 Å². The number of benzene rings is 3. The third-order valence-corrected chi connectivity index (χ3v) is 7.32. The van der Waals surface area contributed by atoms with Gasteiger partial charge >= 0.3 is 6.18 Å². The van der Waals surface area contributed by atoms with E-state index in [1.54, 1.807) is 6.92 Å². The predicted octanol–water partition coefficient (Wildman–Crippen LogP) is 6.63. The highest BCUT2D eigenvalue weighted by atomic mass is 32.1. The Morgan fingerprint density at radius 3 is 2.37 bits per heavy atom. The number of anilines is 1. The Morgan fingerprint density at radius 2 is 1.68 bits per heavy atom. The number of hydrogen-bond acceptors (Lipinski definition) is 6. The molecular formula is C28H19F3N2O4S. The van der Waals surface area contributed by atoms with Gasteiger partial charge in [-0.05, 0) is 42.8 Å². The summed E-state index contributed by atoms with van der Waals surface area (Å²) in [5, 5.41) is 21.6. The fraction of sp³-hybridized carbons (Fsp3) is 0.107. The SMILES string of the molecule is Cc1nc(-c2ccccc2)sc1C(=O)C1=C(O)C(=O)N(c2cccc(C(F)(F)F)c2)C1c1cccc(O)c1. The molecule has 1 aliphatic rings. The molecule has 2 N–H and O–H groups in total. The van der Waals surface area contributed by atoms with Gasteiger partial charge in [-0.3, -0.25) is 14.5 Å². The molecule has 2 heterocycles. The van der Waals surface area contributed by atoms with Gasteiger partial charge in [-0.25, -0.2) is 4.98 Å². The maximum absolute atomic E-state index is 13.9. The summed E-state index contributed by atoms with van der Waals surface area (Å²) in [6.45, 7) is 1.62. The lowest BCUT2D eigenvalue weighted by Crippen LogP contribution is -2.31. The fourth-order valence-electron chi connectivity index (χ4n) is 4.38. The molecule has 0 saturated heterocycles. The molecule has 0 spiro atoms. The summed E-state index contributed by atoms with van der Waals surface area (Å²) in [5.74, 6) is -2.78. The average Bonchev–Trinajstić information content (AvgIpc) is 3.41. The second-order valence-corrected chi connectivity index (χ2v) is 9.61. The smallest absolute Gasteiger partial charge is 0.416 e. The summed E-state index contributed by atoms with van der Waals surface area (Å²) in [6, 6.07) is 17.6. The monoisotopic (exact) mass is 536 g/mol. The minimum Gasteiger partial charge on any atom is -0.508 e. The number of aromatic hydroxyl groups is 1. The number of carbonyl (C=O) groups is 2. The van der Waals surface area contributed by atoms with Crippen LogP contribution >= 0.6 is 11.3 Å². The van der Waals surface area contributed by atoms with Gasteiger partial charge in [0, 0.05) is 11.3 Å². The summed E-state index contributed by atoms with van der Waals surface area (Å²) in [6.07, 6.45) is -4.68. The van der Waals surface area contributed by atoms with Crippen molar-refractivity contribution in [3.63, 3.8) is 0 Å². The molecule has 1 aromatic heterocycles. The lowest BCUT2D eigenvalue weighted by molar-refractivity contribution is -0.137. The number of aliphatic hydroxyl groups excluding tert-OH is 1. The van der Waals surface area contributed by atoms with Crippen molar-refractivity contribution < 1.29 is 33.0 Å². The molecule has 1 atom stereocenters. The van der Waals surface area contributed by atoms with Gasteiger partial charge in [-0.2, -0.15) is 13.2 Å². The quantitative estimate of drug-likeness (QED) is 0.280. The third-order valence-electron chi connectivity index (χ3n) is 6.11. The zero-order chi connectivity index (χ0) is 27.2. The van der Waals surface area contributed by atoms with Crippen LogP contribution < -0.4 is 4.90 Å². The number of amides is 1. The highest BCUT2D eigenvalue weighted by molar-refractivity contribution is 7.17. The number of carbonyl (C=O) groups excluding carboxylic acids is 2. The Morgan fingerprint density at radius 1 is 0.974 bits per heavy atom. The molecule has 0 saturated carbocycles. The van der Waals surface area contributed by atoms with E-state index in [9.17, 15) is 33.0 Å². The van der Waals surface area contributed by atoms with Crippen LogP contribution in [0.3, 0.4) is 0 Å². The maximum Gasteiger partial charge on any atom is 0.416 e. The Bertz CT molecular complexity index is 1600. The first-order chi connectivity index (χ1) is 18.1. The summed E-state index contributed by atoms with van der Waals surface area (Å²) < 4.78 is 40.4. The number of aromatic nitrogens is 1. The number of ketones is 1. The van der Waals surface area contributed by atoms with Crippen molar-refractivity contribution in [2.24, 2.45) is 0 Å². The zero-order valence-corrected chi connectivity index (χ0v) is 20.5. The normalized spacial score (nSPS) is 15.8. The van der Waals surface area contributed by atoms with Gasteiger partial charge in [0.1, 0.15) is 10.8 Å². The first kappa shape index (κ1) is 25.2. The number of thiazole rings is 1. The summed E-state index contributed by atoms with van der Waals surface area (Å²) in [5.41, 5.74) is -0.103. The van der Waals surface area contributed by atoms with Gasteiger partial charge < -0.3 is 10.2 Å². The van der Waals surface area contributed by atoms with Crippen LogP contribution in [0.4, 0.5) is 18.9 Å². The number of rotatable bonds is 5. The molecule has 5 rings (SSSR count). The van der Waals surface area contributed by atoms with E-state index in [0.29, 0.717) is 10.7 Å². The molecule has 1 aliphatic heterocycles. The Kier molecular flexibility index (Phi) is 6.28. The molecule has 1 unspecified atom stereocenters. The van der Waals surface area contributed by atoms with Crippen molar-refractivity contribution in [1.82, 2.24) is 4.98 Å². The van der Waals surface area contributed by atoms with Crippen LogP contribution in [-0.2, 0) is 11.0 Å². The van der Waals surface area contributed by atoms with Crippen LogP contribution in [0.1, 0.15) is 32.5 Å². The van der Waals surface area contributed by atoms with E-state index in [2.05, 4.69) is 4.98 Å². The minimum absolute atomic E-state index is 0.168. The zero-order valence-electron chi connectivity index (χ0n) is 19.7. The molecule has 3 aromatic carbocycles. The van der Waals surface area contributed by atoms with Crippen molar-refractivity contribution in [2.75, 3.05) is 4.90 Å². The van der Waals surface area contributed by atoms with E-state index in [1.165, 1.54) is 30.3 Å². The van der Waals surface area contributed by atoms with Crippen LogP contribution in [0, 0.1) is 6.92 Å². The number of phenolic OH excluding ortho intramolecular Hbond substituents is 1. The van der Waals surface area contributed by atoms with Gasteiger partial charge in [-0.15, -0.1) is 11.3 Å². The summed E-state index contributed by atoms with van der Waals surface area (Å²) in [4.78, 5) is 32.8. The molecule has 192 valence electrons. The van der Waals surface area contributed by atoms with Gasteiger partial charge in [0.25, 0.3) is 5.91 Å². The Labute approximate surface area is 218 Å². The summed E-state index contributed by atoms with van der Waals surface area (Å²) >= 11 is 1.08. The molecule has 6 nitrogen and oxygen atoms in total. The molecule has 10 heteroatoms. The van der Waals surface area contributed by atoms with E-state index >= 15 is 0 Å². The second kappa shape index (κ2) is 9.46. The van der Waals surface area contributed by atoms with Crippen molar-refractivity contribution in [2.45, 2.75) is 19.1 Å². The lowest BCUT2D eigenvalue weighted by Gasteiger charge is -2.27. The van der Waals surface area contributed by atoms with Crippen LogP contribution in [0.2, 0.25) is 0 Å². The number of phenols is 1. The Balaban J connectivity index is 1.65.